The molecule has 0 radical (unpaired) electrons. The molecule has 0 amide bonds. The molecule has 0 aliphatic heterocycles. The van der Waals surface area contributed by atoms with Gasteiger partial charge in [0.1, 0.15) is 6.10 Å². The predicted octanol–water partition coefficient (Wildman–Crippen LogP) is 3.16. The van der Waals surface area contributed by atoms with Crippen LogP contribution in [0.4, 0.5) is 0 Å². The second kappa shape index (κ2) is 4.94. The maximum absolute atomic E-state index is 10.4. The minimum absolute atomic E-state index is 0.310. The first kappa shape index (κ1) is 12.8. The summed E-state index contributed by atoms with van der Waals surface area (Å²) in [4.78, 5) is 0. The molecule has 2 aromatic rings. The Labute approximate surface area is 108 Å². The van der Waals surface area contributed by atoms with Crippen LogP contribution in [0, 0.1) is 13.8 Å². The quantitative estimate of drug-likeness (QED) is 0.900. The molecule has 0 saturated carbocycles. The number of aryl methyl sites for hydroxylation is 2. The van der Waals surface area contributed by atoms with Crippen LogP contribution >= 0.6 is 0 Å². The van der Waals surface area contributed by atoms with Crippen molar-refractivity contribution < 1.29 is 5.11 Å². The van der Waals surface area contributed by atoms with E-state index in [4.69, 9.17) is 0 Å². The van der Waals surface area contributed by atoms with Crippen molar-refractivity contribution >= 4 is 0 Å². The molecule has 0 aliphatic rings. The lowest BCUT2D eigenvalue weighted by Gasteiger charge is -2.13. The summed E-state index contributed by atoms with van der Waals surface area (Å²) in [5.41, 5.74) is 4.06. The summed E-state index contributed by atoms with van der Waals surface area (Å²) in [6.45, 7) is 8.19. The smallest absolute Gasteiger partial charge is 0.107 e. The Morgan fingerprint density at radius 3 is 2.56 bits per heavy atom. The second-order valence-corrected chi connectivity index (χ2v) is 5.11. The minimum Gasteiger partial charge on any atom is -0.384 e. The molecule has 0 spiro atoms. The van der Waals surface area contributed by atoms with Crippen LogP contribution in [-0.4, -0.2) is 14.9 Å². The Morgan fingerprint density at radius 2 is 1.94 bits per heavy atom. The van der Waals surface area contributed by atoms with Crippen LogP contribution in [0.2, 0.25) is 0 Å². The van der Waals surface area contributed by atoms with Gasteiger partial charge in [0.25, 0.3) is 0 Å². The number of rotatable bonds is 3. The molecule has 18 heavy (non-hydrogen) atoms. The largest absolute Gasteiger partial charge is 0.384 e. The highest BCUT2D eigenvalue weighted by Gasteiger charge is 2.15. The molecule has 1 heterocycles. The van der Waals surface area contributed by atoms with Crippen LogP contribution in [0.1, 0.15) is 48.2 Å². The monoisotopic (exact) mass is 244 g/mol. The summed E-state index contributed by atoms with van der Waals surface area (Å²) in [7, 11) is 0. The van der Waals surface area contributed by atoms with Gasteiger partial charge in [0.15, 0.2) is 0 Å². The molecule has 1 aromatic carbocycles. The molecule has 2 rings (SSSR count). The van der Waals surface area contributed by atoms with E-state index in [2.05, 4.69) is 25.0 Å². The highest BCUT2D eigenvalue weighted by atomic mass is 16.3. The van der Waals surface area contributed by atoms with Crippen LogP contribution in [0.25, 0.3) is 0 Å². The Kier molecular flexibility index (Phi) is 3.53. The van der Waals surface area contributed by atoms with Crippen molar-refractivity contribution in [2.45, 2.75) is 39.8 Å². The topological polar surface area (TPSA) is 38.1 Å². The molecule has 0 bridgehead atoms. The summed E-state index contributed by atoms with van der Waals surface area (Å²) in [5.74, 6) is 0. The van der Waals surface area contributed by atoms with Crippen LogP contribution in [-0.2, 0) is 0 Å². The van der Waals surface area contributed by atoms with E-state index >= 15 is 0 Å². The molecular weight excluding hydrogens is 224 g/mol. The SMILES string of the molecule is Cc1ccc(C)c(C(O)c2cnn(C(C)C)c2)c1. The lowest BCUT2D eigenvalue weighted by molar-refractivity contribution is 0.219. The lowest BCUT2D eigenvalue weighted by atomic mass is 9.98. The van der Waals surface area contributed by atoms with Gasteiger partial charge in [-0.25, -0.2) is 0 Å². The molecule has 0 fully saturated rings. The zero-order valence-electron chi connectivity index (χ0n) is 11.4. The highest BCUT2D eigenvalue weighted by Crippen LogP contribution is 2.25. The molecular formula is C15H20N2O. The van der Waals surface area contributed by atoms with Gasteiger partial charge in [-0.1, -0.05) is 23.8 Å². The van der Waals surface area contributed by atoms with Crippen LogP contribution < -0.4 is 0 Å². The number of aliphatic hydroxyl groups excluding tert-OH is 1. The molecule has 0 saturated heterocycles. The number of hydrogen-bond donors (Lipinski definition) is 1. The summed E-state index contributed by atoms with van der Waals surface area (Å²) >= 11 is 0. The van der Waals surface area contributed by atoms with Crippen molar-refractivity contribution in [3.63, 3.8) is 0 Å². The summed E-state index contributed by atoms with van der Waals surface area (Å²) in [6.07, 6.45) is 3.06. The van der Waals surface area contributed by atoms with Gasteiger partial charge in [0, 0.05) is 17.8 Å². The molecule has 96 valence electrons. The number of nitrogens with zero attached hydrogens (tertiary/aromatic N) is 2. The van der Waals surface area contributed by atoms with Crippen LogP contribution in [0.15, 0.2) is 30.6 Å². The van der Waals surface area contributed by atoms with E-state index < -0.39 is 6.10 Å². The third-order valence-electron chi connectivity index (χ3n) is 3.20. The van der Waals surface area contributed by atoms with Crippen molar-refractivity contribution in [2.75, 3.05) is 0 Å². The van der Waals surface area contributed by atoms with Crippen LogP contribution in [0.5, 0.6) is 0 Å². The molecule has 1 atom stereocenters. The fourth-order valence-electron chi connectivity index (χ4n) is 2.01. The van der Waals surface area contributed by atoms with Crippen molar-refractivity contribution in [2.24, 2.45) is 0 Å². The summed E-state index contributed by atoms with van der Waals surface area (Å²) in [5, 5.41) is 14.7. The van der Waals surface area contributed by atoms with Gasteiger partial charge in [-0.05, 0) is 38.8 Å². The Balaban J connectivity index is 2.34. The van der Waals surface area contributed by atoms with E-state index in [1.807, 2.05) is 36.9 Å². The normalized spacial score (nSPS) is 13.0. The molecule has 3 nitrogen and oxygen atoms in total. The van der Waals surface area contributed by atoms with Crippen molar-refractivity contribution in [1.82, 2.24) is 9.78 Å². The second-order valence-electron chi connectivity index (χ2n) is 5.11. The zero-order valence-corrected chi connectivity index (χ0v) is 11.4. The summed E-state index contributed by atoms with van der Waals surface area (Å²) < 4.78 is 1.86. The molecule has 1 aromatic heterocycles. The zero-order chi connectivity index (χ0) is 13.3. The van der Waals surface area contributed by atoms with E-state index in [-0.39, 0.29) is 0 Å². The average molecular weight is 244 g/mol. The van der Waals surface area contributed by atoms with Gasteiger partial charge in [0.2, 0.25) is 0 Å². The number of aromatic nitrogens is 2. The van der Waals surface area contributed by atoms with E-state index in [1.54, 1.807) is 6.20 Å². The minimum atomic E-state index is -0.600. The third kappa shape index (κ3) is 2.46. The van der Waals surface area contributed by atoms with Crippen LogP contribution in [0.3, 0.4) is 0 Å². The van der Waals surface area contributed by atoms with E-state index in [1.165, 1.54) is 0 Å². The predicted molar refractivity (Wildman–Crippen MR) is 72.6 cm³/mol. The Morgan fingerprint density at radius 1 is 1.22 bits per heavy atom. The van der Waals surface area contributed by atoms with Crippen molar-refractivity contribution in [1.29, 1.82) is 0 Å². The maximum atomic E-state index is 10.4. The first-order valence-electron chi connectivity index (χ1n) is 6.28. The standard InChI is InChI=1S/C15H20N2O/c1-10(2)17-9-13(8-16-17)15(18)14-7-11(3)5-6-12(14)4/h5-10,15,18H,1-4H3. The fraction of sp³-hybridized carbons (Fsp3) is 0.400. The van der Waals surface area contributed by atoms with Gasteiger partial charge in [-0.15, -0.1) is 0 Å². The summed E-state index contributed by atoms with van der Waals surface area (Å²) in [6, 6.07) is 6.45. The van der Waals surface area contributed by atoms with Gasteiger partial charge in [-0.2, -0.15) is 5.10 Å². The number of aliphatic hydroxyl groups is 1. The Hall–Kier alpha value is -1.61. The average Bonchev–Trinajstić information content (AvgIpc) is 2.81. The van der Waals surface area contributed by atoms with Crippen molar-refractivity contribution in [3.05, 3.63) is 52.8 Å². The van der Waals surface area contributed by atoms with Gasteiger partial charge < -0.3 is 5.11 Å². The Bertz CT molecular complexity index is 543. The third-order valence-corrected chi connectivity index (χ3v) is 3.20. The maximum Gasteiger partial charge on any atom is 0.107 e. The highest BCUT2D eigenvalue weighted by molar-refractivity contribution is 5.36. The fourth-order valence-corrected chi connectivity index (χ4v) is 2.01. The van der Waals surface area contributed by atoms with Gasteiger partial charge in [0.05, 0.1) is 6.20 Å². The van der Waals surface area contributed by atoms with E-state index in [0.29, 0.717) is 6.04 Å². The van der Waals surface area contributed by atoms with Gasteiger partial charge >= 0.3 is 0 Å². The van der Waals surface area contributed by atoms with E-state index in [9.17, 15) is 5.11 Å². The lowest BCUT2D eigenvalue weighted by Crippen LogP contribution is -2.03. The first-order valence-corrected chi connectivity index (χ1v) is 6.28. The molecule has 1 N–H and O–H groups in total. The molecule has 0 aliphatic carbocycles. The first-order chi connectivity index (χ1) is 8.49. The number of benzene rings is 1. The van der Waals surface area contributed by atoms with E-state index in [0.717, 1.165) is 22.3 Å². The number of hydrogen-bond acceptors (Lipinski definition) is 2. The molecule has 3 heteroatoms. The molecule has 1 unspecified atom stereocenters. The van der Waals surface area contributed by atoms with Gasteiger partial charge in [-0.3, -0.25) is 4.68 Å². The van der Waals surface area contributed by atoms with Crippen molar-refractivity contribution in [3.8, 4) is 0 Å².